The van der Waals surface area contributed by atoms with Gasteiger partial charge in [0.05, 0.1) is 17.5 Å². The molecule has 0 aromatic heterocycles. The van der Waals surface area contributed by atoms with E-state index in [1.165, 1.54) is 0 Å². The van der Waals surface area contributed by atoms with Gasteiger partial charge in [-0.25, -0.2) is 4.90 Å². The molecule has 5 heteroatoms. The molecular weight excluding hydrogens is 242 g/mol. The number of imide groups is 1. The molecule has 0 bridgehead atoms. The fraction of sp³-hybridized carbons (Fsp3) is 0.286. The molecule has 96 valence electrons. The zero-order valence-corrected chi connectivity index (χ0v) is 10.2. The molecule has 1 aromatic rings. The summed E-state index contributed by atoms with van der Waals surface area (Å²) in [5, 5.41) is 15.8. The standard InChI is InChI=1S/C14H13N3O2/c15-9-6-7-10(16)12-11(9)13(18)17(14(12)19)8-4-2-1-3-5-8/h1-5,11-12,15-16H,6-7H2. The van der Waals surface area contributed by atoms with E-state index in [4.69, 9.17) is 10.8 Å². The largest absolute Gasteiger partial charge is 0.309 e. The summed E-state index contributed by atoms with van der Waals surface area (Å²) >= 11 is 0. The molecule has 1 aliphatic carbocycles. The Hall–Kier alpha value is -2.30. The second-order valence-electron chi connectivity index (χ2n) is 4.85. The topological polar surface area (TPSA) is 85.1 Å². The van der Waals surface area contributed by atoms with E-state index in [9.17, 15) is 9.59 Å². The third kappa shape index (κ3) is 1.62. The molecule has 0 spiro atoms. The summed E-state index contributed by atoms with van der Waals surface area (Å²) in [7, 11) is 0. The Kier molecular flexibility index (Phi) is 2.55. The number of anilines is 1. The number of carbonyl (C=O) groups is 2. The van der Waals surface area contributed by atoms with E-state index in [2.05, 4.69) is 0 Å². The van der Waals surface area contributed by atoms with Crippen LogP contribution in [-0.2, 0) is 9.59 Å². The average Bonchev–Trinajstić information content (AvgIpc) is 2.68. The summed E-state index contributed by atoms with van der Waals surface area (Å²) < 4.78 is 0. The monoisotopic (exact) mass is 255 g/mol. The fourth-order valence-electron chi connectivity index (χ4n) is 2.78. The predicted octanol–water partition coefficient (Wildman–Crippen LogP) is 1.63. The van der Waals surface area contributed by atoms with Gasteiger partial charge in [-0.2, -0.15) is 0 Å². The lowest BCUT2D eigenvalue weighted by Gasteiger charge is -2.22. The van der Waals surface area contributed by atoms with Crippen LogP contribution in [0.25, 0.3) is 0 Å². The third-order valence-electron chi connectivity index (χ3n) is 3.74. The van der Waals surface area contributed by atoms with Crippen LogP contribution in [0.3, 0.4) is 0 Å². The van der Waals surface area contributed by atoms with Crippen molar-refractivity contribution >= 4 is 28.9 Å². The molecule has 19 heavy (non-hydrogen) atoms. The molecule has 1 aromatic carbocycles. The molecule has 0 radical (unpaired) electrons. The highest BCUT2D eigenvalue weighted by Gasteiger charge is 2.53. The average molecular weight is 255 g/mol. The Morgan fingerprint density at radius 2 is 1.37 bits per heavy atom. The van der Waals surface area contributed by atoms with Crippen LogP contribution in [0.15, 0.2) is 30.3 Å². The second-order valence-corrected chi connectivity index (χ2v) is 4.85. The van der Waals surface area contributed by atoms with Gasteiger partial charge in [-0.1, -0.05) is 18.2 Å². The molecule has 1 saturated heterocycles. The number of nitrogens with one attached hydrogen (secondary N) is 2. The number of nitrogens with zero attached hydrogens (tertiary/aromatic N) is 1. The molecule has 2 aliphatic rings. The summed E-state index contributed by atoms with van der Waals surface area (Å²) in [6.45, 7) is 0. The van der Waals surface area contributed by atoms with Crippen molar-refractivity contribution in [3.05, 3.63) is 30.3 Å². The summed E-state index contributed by atoms with van der Waals surface area (Å²) in [6.07, 6.45) is 0.809. The summed E-state index contributed by atoms with van der Waals surface area (Å²) in [5.41, 5.74) is 1.07. The quantitative estimate of drug-likeness (QED) is 0.747. The Balaban J connectivity index is 2.06. The van der Waals surface area contributed by atoms with Crippen LogP contribution >= 0.6 is 0 Å². The van der Waals surface area contributed by atoms with E-state index in [-0.39, 0.29) is 23.2 Å². The minimum absolute atomic E-state index is 0.276. The number of fused-ring (bicyclic) bond motifs is 1. The second kappa shape index (κ2) is 4.12. The normalized spacial score (nSPS) is 26.8. The zero-order chi connectivity index (χ0) is 13.6. The van der Waals surface area contributed by atoms with Crippen molar-refractivity contribution in [3.63, 3.8) is 0 Å². The van der Waals surface area contributed by atoms with Crippen LogP contribution in [0.4, 0.5) is 5.69 Å². The predicted molar refractivity (Wildman–Crippen MR) is 70.6 cm³/mol. The Morgan fingerprint density at radius 1 is 0.895 bits per heavy atom. The summed E-state index contributed by atoms with van der Waals surface area (Å²) in [5.74, 6) is -2.24. The number of amides is 2. The van der Waals surface area contributed by atoms with Crippen molar-refractivity contribution in [2.75, 3.05) is 4.90 Å². The number of rotatable bonds is 1. The zero-order valence-electron chi connectivity index (χ0n) is 10.2. The first-order valence-electron chi connectivity index (χ1n) is 6.18. The number of carbonyl (C=O) groups excluding carboxylic acids is 2. The number of hydrogen-bond acceptors (Lipinski definition) is 4. The van der Waals surface area contributed by atoms with Crippen LogP contribution < -0.4 is 4.90 Å². The molecule has 3 rings (SSSR count). The Bertz CT molecular complexity index is 560. The van der Waals surface area contributed by atoms with Gasteiger partial charge in [0.25, 0.3) is 0 Å². The molecule has 1 heterocycles. The van der Waals surface area contributed by atoms with Crippen molar-refractivity contribution in [2.24, 2.45) is 11.8 Å². The molecule has 2 amide bonds. The van der Waals surface area contributed by atoms with Crippen molar-refractivity contribution < 1.29 is 9.59 Å². The van der Waals surface area contributed by atoms with Gasteiger partial charge in [0, 0.05) is 11.4 Å². The first-order chi connectivity index (χ1) is 9.11. The Labute approximate surface area is 110 Å². The van der Waals surface area contributed by atoms with Crippen LogP contribution in [0.1, 0.15) is 12.8 Å². The van der Waals surface area contributed by atoms with Crippen LogP contribution in [-0.4, -0.2) is 23.2 Å². The highest BCUT2D eigenvalue weighted by atomic mass is 16.2. The molecule has 2 N–H and O–H groups in total. The number of benzene rings is 1. The van der Waals surface area contributed by atoms with Gasteiger partial charge in [-0.3, -0.25) is 9.59 Å². The highest BCUT2D eigenvalue weighted by Crippen LogP contribution is 2.36. The molecule has 2 unspecified atom stereocenters. The van der Waals surface area contributed by atoms with Crippen LogP contribution in [0, 0.1) is 22.7 Å². The maximum absolute atomic E-state index is 12.4. The van der Waals surface area contributed by atoms with E-state index in [0.29, 0.717) is 18.5 Å². The minimum atomic E-state index is -0.756. The maximum Gasteiger partial charge on any atom is 0.243 e. The Morgan fingerprint density at radius 3 is 1.84 bits per heavy atom. The summed E-state index contributed by atoms with van der Waals surface area (Å²) in [4.78, 5) is 25.9. The first-order valence-corrected chi connectivity index (χ1v) is 6.18. The molecule has 2 fully saturated rings. The lowest BCUT2D eigenvalue weighted by Crippen LogP contribution is -2.36. The first kappa shape index (κ1) is 11.8. The summed E-state index contributed by atoms with van der Waals surface area (Å²) in [6, 6.07) is 8.72. The van der Waals surface area contributed by atoms with Gasteiger partial charge in [0.15, 0.2) is 0 Å². The highest BCUT2D eigenvalue weighted by molar-refractivity contribution is 6.34. The van der Waals surface area contributed by atoms with Crippen molar-refractivity contribution in [3.8, 4) is 0 Å². The van der Waals surface area contributed by atoms with E-state index < -0.39 is 11.8 Å². The molecule has 1 saturated carbocycles. The molecule has 2 atom stereocenters. The van der Waals surface area contributed by atoms with Crippen molar-refractivity contribution in [1.82, 2.24) is 0 Å². The van der Waals surface area contributed by atoms with E-state index in [0.717, 1.165) is 4.90 Å². The SMILES string of the molecule is N=C1CCC(=N)C2C(=O)N(c3ccccc3)C(=O)C12. The van der Waals surface area contributed by atoms with Crippen LogP contribution in [0.5, 0.6) is 0 Å². The minimum Gasteiger partial charge on any atom is -0.309 e. The van der Waals surface area contributed by atoms with Gasteiger partial charge in [-0.15, -0.1) is 0 Å². The third-order valence-corrected chi connectivity index (χ3v) is 3.74. The van der Waals surface area contributed by atoms with E-state index in [1.54, 1.807) is 24.3 Å². The number of para-hydroxylation sites is 1. The van der Waals surface area contributed by atoms with Gasteiger partial charge < -0.3 is 10.8 Å². The van der Waals surface area contributed by atoms with Gasteiger partial charge in [0.1, 0.15) is 0 Å². The van der Waals surface area contributed by atoms with Gasteiger partial charge in [-0.05, 0) is 25.0 Å². The smallest absolute Gasteiger partial charge is 0.243 e. The molecule has 5 nitrogen and oxygen atoms in total. The fourth-order valence-corrected chi connectivity index (χ4v) is 2.78. The van der Waals surface area contributed by atoms with Gasteiger partial charge in [0.2, 0.25) is 11.8 Å². The lowest BCUT2D eigenvalue weighted by molar-refractivity contribution is -0.121. The maximum atomic E-state index is 12.4. The van der Waals surface area contributed by atoms with Crippen molar-refractivity contribution in [2.45, 2.75) is 12.8 Å². The molecule has 1 aliphatic heterocycles. The number of hydrogen-bond donors (Lipinski definition) is 2. The van der Waals surface area contributed by atoms with Crippen LogP contribution in [0.2, 0.25) is 0 Å². The lowest BCUT2D eigenvalue weighted by atomic mass is 9.78. The molecular formula is C14H13N3O2. The van der Waals surface area contributed by atoms with Crippen molar-refractivity contribution in [1.29, 1.82) is 10.8 Å². The van der Waals surface area contributed by atoms with E-state index >= 15 is 0 Å². The van der Waals surface area contributed by atoms with Gasteiger partial charge >= 0.3 is 0 Å². The van der Waals surface area contributed by atoms with E-state index in [1.807, 2.05) is 6.07 Å².